The molecular formula is C14H11BrFN3O. The maximum Gasteiger partial charge on any atom is 0.151 e. The van der Waals surface area contributed by atoms with Crippen molar-refractivity contribution in [1.82, 2.24) is 14.5 Å². The Bertz CT molecular complexity index is 759. The number of aliphatic hydroxyl groups excluding tert-OH is 1. The van der Waals surface area contributed by atoms with E-state index in [2.05, 4.69) is 25.9 Å². The molecule has 3 aromatic rings. The van der Waals surface area contributed by atoms with Gasteiger partial charge in [0.25, 0.3) is 0 Å². The van der Waals surface area contributed by atoms with Crippen LogP contribution < -0.4 is 0 Å². The molecule has 1 aromatic carbocycles. The molecule has 1 atom stereocenters. The Kier molecular flexibility index (Phi) is 3.50. The number of para-hydroxylation sites is 1. The normalized spacial score (nSPS) is 12.8. The molecule has 0 radical (unpaired) electrons. The molecule has 1 unspecified atom stereocenters. The Balaban J connectivity index is 2.14. The summed E-state index contributed by atoms with van der Waals surface area (Å²) in [6, 6.07) is 10.1. The number of rotatable bonds is 3. The summed E-state index contributed by atoms with van der Waals surface area (Å²) in [5, 5.41) is 10.2. The molecule has 0 amide bonds. The van der Waals surface area contributed by atoms with Crippen molar-refractivity contribution in [2.45, 2.75) is 6.10 Å². The third kappa shape index (κ3) is 2.21. The van der Waals surface area contributed by atoms with Gasteiger partial charge in [0.1, 0.15) is 23.8 Å². The highest BCUT2D eigenvalue weighted by molar-refractivity contribution is 9.09. The van der Waals surface area contributed by atoms with Crippen LogP contribution >= 0.6 is 15.9 Å². The van der Waals surface area contributed by atoms with Crippen molar-refractivity contribution in [2.75, 3.05) is 5.33 Å². The highest BCUT2D eigenvalue weighted by Gasteiger charge is 2.12. The summed E-state index contributed by atoms with van der Waals surface area (Å²) in [7, 11) is 0. The van der Waals surface area contributed by atoms with Gasteiger partial charge >= 0.3 is 0 Å². The number of imidazole rings is 1. The summed E-state index contributed by atoms with van der Waals surface area (Å²) in [4.78, 5) is 8.45. The summed E-state index contributed by atoms with van der Waals surface area (Å²) in [5.41, 5.74) is 1.50. The number of nitrogens with zero attached hydrogens (tertiary/aromatic N) is 3. The minimum atomic E-state index is -0.679. The van der Waals surface area contributed by atoms with Crippen molar-refractivity contribution in [3.63, 3.8) is 0 Å². The van der Waals surface area contributed by atoms with Crippen LogP contribution in [0.15, 0.2) is 42.7 Å². The average molecular weight is 336 g/mol. The van der Waals surface area contributed by atoms with E-state index in [1.165, 1.54) is 12.4 Å². The average Bonchev–Trinajstić information content (AvgIpc) is 2.92. The maximum atomic E-state index is 13.6. The molecule has 0 bridgehead atoms. The van der Waals surface area contributed by atoms with Gasteiger partial charge in [0.05, 0.1) is 11.2 Å². The number of pyridine rings is 1. The van der Waals surface area contributed by atoms with Crippen LogP contribution in [-0.2, 0) is 0 Å². The minimum Gasteiger partial charge on any atom is -0.386 e. The van der Waals surface area contributed by atoms with E-state index in [9.17, 15) is 9.50 Å². The van der Waals surface area contributed by atoms with Crippen LogP contribution in [0.25, 0.3) is 16.9 Å². The van der Waals surface area contributed by atoms with Crippen LogP contribution in [0.2, 0.25) is 0 Å². The van der Waals surface area contributed by atoms with E-state index in [1.807, 2.05) is 0 Å². The van der Waals surface area contributed by atoms with Gasteiger partial charge in [0, 0.05) is 5.33 Å². The van der Waals surface area contributed by atoms with Crippen LogP contribution in [0, 0.1) is 5.82 Å². The van der Waals surface area contributed by atoms with Gasteiger partial charge in [0.15, 0.2) is 5.82 Å². The summed E-state index contributed by atoms with van der Waals surface area (Å²) < 4.78 is 15.3. The molecule has 102 valence electrons. The second-order valence-corrected chi connectivity index (χ2v) is 4.96. The van der Waals surface area contributed by atoms with Crippen LogP contribution in [-0.4, -0.2) is 25.0 Å². The Morgan fingerprint density at radius 1 is 1.25 bits per heavy atom. The lowest BCUT2D eigenvalue weighted by Crippen LogP contribution is -2.04. The molecule has 2 aromatic heterocycles. The van der Waals surface area contributed by atoms with Crippen LogP contribution in [0.4, 0.5) is 4.39 Å². The second kappa shape index (κ2) is 5.30. The third-order valence-corrected chi connectivity index (χ3v) is 3.63. The number of benzene rings is 1. The smallest absolute Gasteiger partial charge is 0.151 e. The largest absolute Gasteiger partial charge is 0.386 e. The number of aromatic nitrogens is 3. The lowest BCUT2D eigenvalue weighted by molar-refractivity contribution is 0.200. The molecule has 1 N–H and O–H groups in total. The molecule has 4 nitrogen and oxygen atoms in total. The fraction of sp³-hybridized carbons (Fsp3) is 0.143. The Morgan fingerprint density at radius 2 is 2.05 bits per heavy atom. The quantitative estimate of drug-likeness (QED) is 0.748. The molecule has 0 aliphatic carbocycles. The summed E-state index contributed by atoms with van der Waals surface area (Å²) in [6.07, 6.45) is 0.849. The van der Waals surface area contributed by atoms with Gasteiger partial charge in [-0.1, -0.05) is 28.1 Å². The summed E-state index contributed by atoms with van der Waals surface area (Å²) in [6.45, 7) is 0. The van der Waals surface area contributed by atoms with E-state index in [-0.39, 0.29) is 5.82 Å². The lowest BCUT2D eigenvalue weighted by atomic mass is 10.2. The zero-order valence-corrected chi connectivity index (χ0v) is 12.0. The van der Waals surface area contributed by atoms with Crippen molar-refractivity contribution < 1.29 is 9.50 Å². The van der Waals surface area contributed by atoms with Gasteiger partial charge in [-0.2, -0.15) is 0 Å². The van der Waals surface area contributed by atoms with Crippen molar-refractivity contribution >= 4 is 27.0 Å². The molecule has 2 heterocycles. The van der Waals surface area contributed by atoms with Gasteiger partial charge in [0.2, 0.25) is 0 Å². The molecule has 3 rings (SSSR count). The number of halogens is 2. The van der Waals surface area contributed by atoms with E-state index in [1.54, 1.807) is 34.9 Å². The Labute approximate surface area is 123 Å². The topological polar surface area (TPSA) is 50.9 Å². The Morgan fingerprint density at radius 3 is 2.85 bits per heavy atom. The predicted octanol–water partition coefficient (Wildman–Crippen LogP) is 2.99. The van der Waals surface area contributed by atoms with Crippen LogP contribution in [0.1, 0.15) is 11.8 Å². The third-order valence-electron chi connectivity index (χ3n) is 3.02. The van der Waals surface area contributed by atoms with Crippen molar-refractivity contribution in [2.24, 2.45) is 0 Å². The lowest BCUT2D eigenvalue weighted by Gasteiger charge is -2.09. The SMILES string of the molecule is OC(CBr)c1cccc(-n2cnc3c(F)cccc32)n1. The molecule has 0 spiro atoms. The molecule has 0 fully saturated rings. The second-order valence-electron chi connectivity index (χ2n) is 4.31. The zero-order valence-electron chi connectivity index (χ0n) is 10.4. The molecule has 0 saturated carbocycles. The molecular weight excluding hydrogens is 325 g/mol. The van der Waals surface area contributed by atoms with E-state index in [0.717, 1.165) is 0 Å². The van der Waals surface area contributed by atoms with Gasteiger partial charge in [-0.25, -0.2) is 14.4 Å². The fourth-order valence-electron chi connectivity index (χ4n) is 2.02. The molecule has 20 heavy (non-hydrogen) atoms. The molecule has 0 aliphatic heterocycles. The summed E-state index contributed by atoms with van der Waals surface area (Å²) >= 11 is 3.22. The van der Waals surface area contributed by atoms with Gasteiger partial charge in [-0.15, -0.1) is 0 Å². The summed E-state index contributed by atoms with van der Waals surface area (Å²) in [5.74, 6) is 0.230. The number of fused-ring (bicyclic) bond motifs is 1. The molecule has 0 aliphatic rings. The van der Waals surface area contributed by atoms with Gasteiger partial charge < -0.3 is 5.11 Å². The number of alkyl halides is 1. The highest BCUT2D eigenvalue weighted by Crippen LogP contribution is 2.21. The van der Waals surface area contributed by atoms with Crippen LogP contribution in [0.5, 0.6) is 0 Å². The molecule has 0 saturated heterocycles. The predicted molar refractivity (Wildman–Crippen MR) is 77.6 cm³/mol. The van der Waals surface area contributed by atoms with E-state index in [0.29, 0.717) is 27.9 Å². The number of aliphatic hydroxyl groups is 1. The van der Waals surface area contributed by atoms with Gasteiger partial charge in [-0.05, 0) is 24.3 Å². The number of hydrogen-bond donors (Lipinski definition) is 1. The maximum absolute atomic E-state index is 13.6. The number of hydrogen-bond acceptors (Lipinski definition) is 3. The first-order chi connectivity index (χ1) is 9.70. The van der Waals surface area contributed by atoms with E-state index in [4.69, 9.17) is 0 Å². The first-order valence-corrected chi connectivity index (χ1v) is 7.16. The highest BCUT2D eigenvalue weighted by atomic mass is 79.9. The van der Waals surface area contributed by atoms with Crippen molar-refractivity contribution in [1.29, 1.82) is 0 Å². The van der Waals surface area contributed by atoms with Crippen molar-refractivity contribution in [3.8, 4) is 5.82 Å². The monoisotopic (exact) mass is 335 g/mol. The Hall–Kier alpha value is -1.79. The van der Waals surface area contributed by atoms with Crippen LogP contribution in [0.3, 0.4) is 0 Å². The zero-order chi connectivity index (χ0) is 14.1. The minimum absolute atomic E-state index is 0.306. The first-order valence-electron chi connectivity index (χ1n) is 6.03. The fourth-order valence-corrected chi connectivity index (χ4v) is 2.36. The van der Waals surface area contributed by atoms with E-state index >= 15 is 0 Å². The van der Waals surface area contributed by atoms with Crippen molar-refractivity contribution in [3.05, 3.63) is 54.2 Å². The first kappa shape index (κ1) is 13.2. The van der Waals surface area contributed by atoms with E-state index < -0.39 is 6.10 Å². The standard InChI is InChI=1S/C14H11BrFN3O/c15-7-12(20)10-4-2-6-13(18-10)19-8-17-14-9(16)3-1-5-11(14)19/h1-6,8,12,20H,7H2. The molecule has 6 heteroatoms. The van der Waals surface area contributed by atoms with Gasteiger partial charge in [-0.3, -0.25) is 4.57 Å².